The maximum absolute atomic E-state index is 6.01. The molecule has 0 radical (unpaired) electrons. The summed E-state index contributed by atoms with van der Waals surface area (Å²) in [6, 6.07) is 9.07. The number of hydrogen-bond donors (Lipinski definition) is 1. The lowest BCUT2D eigenvalue weighted by atomic mass is 9.99. The Morgan fingerprint density at radius 3 is 2.74 bits per heavy atom. The molecule has 3 heteroatoms. The first-order valence-corrected chi connectivity index (χ1v) is 7.37. The van der Waals surface area contributed by atoms with E-state index in [9.17, 15) is 0 Å². The second-order valence-electron chi connectivity index (χ2n) is 5.38. The highest BCUT2D eigenvalue weighted by atomic mass is 16.5. The minimum Gasteiger partial charge on any atom is -0.377 e. The van der Waals surface area contributed by atoms with Crippen LogP contribution in [0.1, 0.15) is 36.9 Å². The monoisotopic (exact) mass is 262 g/mol. The summed E-state index contributed by atoms with van der Waals surface area (Å²) in [5.74, 6) is 0. The molecule has 106 valence electrons. The predicted molar refractivity (Wildman–Crippen MR) is 79.2 cm³/mol. The van der Waals surface area contributed by atoms with Gasteiger partial charge < -0.3 is 10.5 Å². The highest BCUT2D eigenvalue weighted by Gasteiger charge is 2.26. The van der Waals surface area contributed by atoms with E-state index in [0.29, 0.717) is 18.7 Å². The summed E-state index contributed by atoms with van der Waals surface area (Å²) in [4.78, 5) is 2.48. The van der Waals surface area contributed by atoms with Crippen LogP contribution in [-0.2, 0) is 4.74 Å². The van der Waals surface area contributed by atoms with E-state index in [-0.39, 0.29) is 0 Å². The van der Waals surface area contributed by atoms with Crippen molar-refractivity contribution in [3.05, 3.63) is 35.4 Å². The zero-order valence-corrected chi connectivity index (χ0v) is 12.1. The molecule has 19 heavy (non-hydrogen) atoms. The van der Waals surface area contributed by atoms with Gasteiger partial charge in [0.25, 0.3) is 0 Å². The van der Waals surface area contributed by atoms with Crippen molar-refractivity contribution < 1.29 is 4.74 Å². The number of rotatable bonds is 5. The van der Waals surface area contributed by atoms with E-state index < -0.39 is 0 Å². The summed E-state index contributed by atoms with van der Waals surface area (Å²) < 4.78 is 5.78. The van der Waals surface area contributed by atoms with Crippen LogP contribution in [0.4, 0.5) is 0 Å². The minimum absolute atomic E-state index is 0.323. The molecule has 1 aliphatic heterocycles. The van der Waals surface area contributed by atoms with Crippen molar-refractivity contribution in [2.75, 3.05) is 26.2 Å². The second kappa shape index (κ2) is 7.04. The van der Waals surface area contributed by atoms with Gasteiger partial charge in [0.2, 0.25) is 0 Å². The predicted octanol–water partition coefficient (Wildman–Crippen LogP) is 2.50. The van der Waals surface area contributed by atoms with Crippen molar-refractivity contribution in [1.29, 1.82) is 0 Å². The number of hydrogen-bond acceptors (Lipinski definition) is 3. The van der Waals surface area contributed by atoms with E-state index in [2.05, 4.69) is 43.0 Å². The maximum Gasteiger partial charge on any atom is 0.0702 e. The van der Waals surface area contributed by atoms with Crippen molar-refractivity contribution in [2.45, 2.75) is 38.8 Å². The number of ether oxygens (including phenoxy) is 1. The number of nitrogens with zero attached hydrogens (tertiary/aromatic N) is 1. The number of benzene rings is 1. The third-order valence-corrected chi connectivity index (χ3v) is 3.94. The van der Waals surface area contributed by atoms with E-state index in [1.165, 1.54) is 24.0 Å². The highest BCUT2D eigenvalue weighted by Crippen LogP contribution is 2.25. The van der Waals surface area contributed by atoms with Crippen LogP contribution in [0.3, 0.4) is 0 Å². The molecule has 1 saturated heterocycles. The molecule has 1 heterocycles. The largest absolute Gasteiger partial charge is 0.377 e. The number of nitrogens with two attached hydrogens (primary N) is 1. The summed E-state index contributed by atoms with van der Waals surface area (Å²) in [6.07, 6.45) is 2.75. The summed E-state index contributed by atoms with van der Waals surface area (Å²) in [7, 11) is 0. The van der Waals surface area contributed by atoms with Gasteiger partial charge in [-0.1, -0.05) is 29.8 Å². The lowest BCUT2D eigenvalue weighted by Gasteiger charge is -2.37. The molecule has 2 rings (SSSR count). The number of piperidine rings is 1. The lowest BCUT2D eigenvalue weighted by molar-refractivity contribution is -0.00659. The molecule has 0 saturated carbocycles. The molecule has 1 aliphatic rings. The van der Waals surface area contributed by atoms with Crippen LogP contribution < -0.4 is 5.73 Å². The Morgan fingerprint density at radius 1 is 1.37 bits per heavy atom. The van der Waals surface area contributed by atoms with Gasteiger partial charge in [-0.15, -0.1) is 0 Å². The SMILES string of the molecule is CCOC1CCCN(C(CN)c2ccc(C)cc2)C1. The van der Waals surface area contributed by atoms with Crippen molar-refractivity contribution in [2.24, 2.45) is 5.73 Å². The Bertz CT molecular complexity index is 375. The summed E-state index contributed by atoms with van der Waals surface area (Å²) in [5.41, 5.74) is 8.63. The minimum atomic E-state index is 0.323. The summed E-state index contributed by atoms with van der Waals surface area (Å²) in [5, 5.41) is 0. The molecule has 2 atom stereocenters. The van der Waals surface area contributed by atoms with Crippen molar-refractivity contribution in [3.8, 4) is 0 Å². The Hall–Kier alpha value is -0.900. The molecule has 3 nitrogen and oxygen atoms in total. The molecule has 0 aliphatic carbocycles. The van der Waals surface area contributed by atoms with E-state index in [0.717, 1.165) is 19.7 Å². The fraction of sp³-hybridized carbons (Fsp3) is 0.625. The van der Waals surface area contributed by atoms with Gasteiger partial charge in [0.15, 0.2) is 0 Å². The van der Waals surface area contributed by atoms with Gasteiger partial charge in [-0.25, -0.2) is 0 Å². The molecule has 1 aromatic carbocycles. The average Bonchev–Trinajstić information content (AvgIpc) is 2.43. The smallest absolute Gasteiger partial charge is 0.0702 e. The molecule has 0 bridgehead atoms. The molecular weight excluding hydrogens is 236 g/mol. The van der Waals surface area contributed by atoms with E-state index in [1.54, 1.807) is 0 Å². The average molecular weight is 262 g/mol. The first-order valence-electron chi connectivity index (χ1n) is 7.37. The van der Waals surface area contributed by atoms with Crippen LogP contribution in [0.15, 0.2) is 24.3 Å². The van der Waals surface area contributed by atoms with E-state index >= 15 is 0 Å². The van der Waals surface area contributed by atoms with Gasteiger partial charge >= 0.3 is 0 Å². The van der Waals surface area contributed by atoms with Gasteiger partial charge in [0.05, 0.1) is 6.10 Å². The van der Waals surface area contributed by atoms with Crippen LogP contribution in [0.2, 0.25) is 0 Å². The van der Waals surface area contributed by atoms with E-state index in [1.807, 2.05) is 0 Å². The third-order valence-electron chi connectivity index (χ3n) is 3.94. The normalized spacial score (nSPS) is 22.4. The second-order valence-corrected chi connectivity index (χ2v) is 5.38. The van der Waals surface area contributed by atoms with E-state index in [4.69, 9.17) is 10.5 Å². The number of likely N-dealkylation sites (tertiary alicyclic amines) is 1. The van der Waals surface area contributed by atoms with Crippen LogP contribution in [0.25, 0.3) is 0 Å². The van der Waals surface area contributed by atoms with Crippen LogP contribution in [0.5, 0.6) is 0 Å². The number of aryl methyl sites for hydroxylation is 1. The Kier molecular flexibility index (Phi) is 5.37. The molecule has 2 N–H and O–H groups in total. The Balaban J connectivity index is 2.06. The fourth-order valence-corrected chi connectivity index (χ4v) is 2.91. The highest BCUT2D eigenvalue weighted by molar-refractivity contribution is 5.24. The van der Waals surface area contributed by atoms with Crippen LogP contribution in [-0.4, -0.2) is 37.2 Å². The summed E-state index contributed by atoms with van der Waals surface area (Å²) in [6.45, 7) is 7.79. The van der Waals surface area contributed by atoms with Gasteiger partial charge in [-0.3, -0.25) is 4.90 Å². The topological polar surface area (TPSA) is 38.5 Å². The molecule has 0 spiro atoms. The first-order chi connectivity index (χ1) is 9.24. The molecule has 1 aromatic rings. The van der Waals surface area contributed by atoms with Crippen molar-refractivity contribution >= 4 is 0 Å². The quantitative estimate of drug-likeness (QED) is 0.886. The third kappa shape index (κ3) is 3.78. The lowest BCUT2D eigenvalue weighted by Crippen LogP contribution is -2.44. The molecule has 0 amide bonds. The maximum atomic E-state index is 6.01. The standard InChI is InChI=1S/C16H26N2O/c1-3-19-15-5-4-10-18(12-15)16(11-17)14-8-6-13(2)7-9-14/h6-9,15-16H,3-5,10-12,17H2,1-2H3. The Morgan fingerprint density at radius 2 is 2.11 bits per heavy atom. The molecule has 0 aromatic heterocycles. The van der Waals surface area contributed by atoms with Gasteiger partial charge in [-0.05, 0) is 38.8 Å². The molecular formula is C16H26N2O. The van der Waals surface area contributed by atoms with Gasteiger partial charge in [0.1, 0.15) is 0 Å². The first kappa shape index (κ1) is 14.5. The van der Waals surface area contributed by atoms with Crippen LogP contribution >= 0.6 is 0 Å². The molecule has 2 unspecified atom stereocenters. The van der Waals surface area contributed by atoms with Crippen LogP contribution in [0, 0.1) is 6.92 Å². The van der Waals surface area contributed by atoms with Gasteiger partial charge in [-0.2, -0.15) is 0 Å². The van der Waals surface area contributed by atoms with Crippen molar-refractivity contribution in [1.82, 2.24) is 4.90 Å². The fourth-order valence-electron chi connectivity index (χ4n) is 2.91. The molecule has 1 fully saturated rings. The van der Waals surface area contributed by atoms with Gasteiger partial charge in [0, 0.05) is 25.7 Å². The zero-order chi connectivity index (χ0) is 13.7. The zero-order valence-electron chi connectivity index (χ0n) is 12.1. The summed E-state index contributed by atoms with van der Waals surface area (Å²) >= 11 is 0. The van der Waals surface area contributed by atoms with Crippen molar-refractivity contribution in [3.63, 3.8) is 0 Å². The Labute approximate surface area is 116 Å².